The van der Waals surface area contributed by atoms with Crippen LogP contribution in [0.3, 0.4) is 0 Å². The summed E-state index contributed by atoms with van der Waals surface area (Å²) >= 11 is 0. The fourth-order valence-electron chi connectivity index (χ4n) is 5.92. The van der Waals surface area contributed by atoms with Crippen LogP contribution in [0, 0.1) is 0 Å². The predicted octanol–water partition coefficient (Wildman–Crippen LogP) is 13.0. The molecule has 2 aromatic carbocycles. The van der Waals surface area contributed by atoms with Crippen molar-refractivity contribution >= 4 is 12.2 Å². The highest BCUT2D eigenvalue weighted by molar-refractivity contribution is 5.53. The van der Waals surface area contributed by atoms with E-state index in [2.05, 4.69) is 106 Å². The third-order valence-corrected chi connectivity index (χ3v) is 8.73. The van der Waals surface area contributed by atoms with E-state index < -0.39 is 0 Å². The number of hydrogen-bond acceptors (Lipinski definition) is 0. The average molecular weight is 599 g/mol. The summed E-state index contributed by atoms with van der Waals surface area (Å²) in [6.45, 7) is 1.32. The third-order valence-electron chi connectivity index (χ3n) is 8.73. The molecule has 0 heterocycles. The van der Waals surface area contributed by atoms with Crippen LogP contribution < -0.4 is 0 Å². The van der Waals surface area contributed by atoms with Crippen molar-refractivity contribution in [1.29, 1.82) is 0 Å². The number of nitrogens with zero attached hydrogens (tertiary/aromatic N) is 1. The SMILES string of the molecule is C[N+](C)(C)CCCCCCCCCCCCCCCCCCCCCCc1ccc(/C=C/C=C/C=C/c2ccccc2)cc1. The van der Waals surface area contributed by atoms with Gasteiger partial charge < -0.3 is 4.48 Å². The number of benzene rings is 2. The number of quaternary nitrogens is 1. The molecule has 0 aromatic heterocycles. The van der Waals surface area contributed by atoms with Gasteiger partial charge in [0, 0.05) is 0 Å². The maximum Gasteiger partial charge on any atom is 0.0780 e. The van der Waals surface area contributed by atoms with Crippen LogP contribution >= 0.6 is 0 Å². The molecule has 0 amide bonds. The number of unbranched alkanes of at least 4 members (excludes halogenated alkanes) is 19. The molecule has 2 aromatic rings. The molecule has 0 saturated heterocycles. The normalized spacial score (nSPS) is 12.3. The molecule has 0 aliphatic heterocycles. The van der Waals surface area contributed by atoms with Crippen molar-refractivity contribution in [2.75, 3.05) is 27.7 Å². The van der Waals surface area contributed by atoms with Crippen molar-refractivity contribution < 1.29 is 4.48 Å². The van der Waals surface area contributed by atoms with Gasteiger partial charge in [-0.15, -0.1) is 0 Å². The minimum absolute atomic E-state index is 1.12. The molecule has 0 atom stereocenters. The highest BCUT2D eigenvalue weighted by Gasteiger charge is 2.05. The second-order valence-electron chi connectivity index (χ2n) is 14.1. The quantitative estimate of drug-likeness (QED) is 0.0545. The van der Waals surface area contributed by atoms with Crippen LogP contribution in [-0.4, -0.2) is 32.2 Å². The van der Waals surface area contributed by atoms with E-state index in [1.54, 1.807) is 0 Å². The van der Waals surface area contributed by atoms with Gasteiger partial charge in [0.1, 0.15) is 0 Å². The molecule has 0 N–H and O–H groups in total. The summed E-state index contributed by atoms with van der Waals surface area (Å²) in [7, 11) is 6.91. The Bertz CT molecular complexity index is 989. The zero-order valence-electron chi connectivity index (χ0n) is 29.2. The summed E-state index contributed by atoms with van der Waals surface area (Å²) in [5.41, 5.74) is 3.97. The Hall–Kier alpha value is -2.38. The van der Waals surface area contributed by atoms with Crippen molar-refractivity contribution in [2.24, 2.45) is 0 Å². The van der Waals surface area contributed by atoms with E-state index >= 15 is 0 Å². The molecule has 0 spiro atoms. The van der Waals surface area contributed by atoms with Gasteiger partial charge in [-0.3, -0.25) is 0 Å². The minimum Gasteiger partial charge on any atom is -0.331 e. The first-order valence-corrected chi connectivity index (χ1v) is 18.5. The Balaban J connectivity index is 1.31. The molecular weight excluding hydrogens is 530 g/mol. The van der Waals surface area contributed by atoms with E-state index in [0.29, 0.717) is 0 Å². The lowest BCUT2D eigenvalue weighted by molar-refractivity contribution is -0.870. The second kappa shape index (κ2) is 25.9. The van der Waals surface area contributed by atoms with Crippen molar-refractivity contribution in [3.8, 4) is 0 Å². The van der Waals surface area contributed by atoms with Crippen LogP contribution in [0.5, 0.6) is 0 Å². The molecule has 0 bridgehead atoms. The maximum absolute atomic E-state index is 2.30. The number of rotatable bonds is 27. The second-order valence-corrected chi connectivity index (χ2v) is 14.1. The summed E-state index contributed by atoms with van der Waals surface area (Å²) in [5.74, 6) is 0. The molecule has 0 aliphatic rings. The zero-order chi connectivity index (χ0) is 31.4. The standard InChI is InChI=1S/C43H68N/c1-44(2,3)40-30-23-19-17-15-13-11-9-7-5-4-6-8-10-12-14-16-18-20-25-34-42-36-38-43(39-37-42)35-27-22-21-26-31-41-32-28-24-29-33-41/h21-22,24,26-29,31-33,35-39H,4-20,23,25,30,34,40H2,1-3H3/q+1/b22-21+,31-26+,35-27+. The Kier molecular flexibility index (Phi) is 22.3. The molecule has 44 heavy (non-hydrogen) atoms. The van der Waals surface area contributed by atoms with E-state index in [1.165, 1.54) is 158 Å². The lowest BCUT2D eigenvalue weighted by Gasteiger charge is -2.23. The summed E-state index contributed by atoms with van der Waals surface area (Å²) in [6, 6.07) is 19.5. The molecule has 0 radical (unpaired) electrons. The molecule has 1 nitrogen and oxygen atoms in total. The summed E-state index contributed by atoms with van der Waals surface area (Å²) in [6.07, 6.45) is 42.7. The van der Waals surface area contributed by atoms with Crippen LogP contribution in [0.25, 0.3) is 12.2 Å². The molecular formula is C43H68N+. The van der Waals surface area contributed by atoms with Gasteiger partial charge in [-0.1, -0.05) is 200 Å². The monoisotopic (exact) mass is 599 g/mol. The minimum atomic E-state index is 1.12. The summed E-state index contributed by atoms with van der Waals surface area (Å²) < 4.78 is 1.12. The van der Waals surface area contributed by atoms with E-state index in [1.807, 2.05) is 6.07 Å². The highest BCUT2D eigenvalue weighted by Crippen LogP contribution is 2.16. The summed E-state index contributed by atoms with van der Waals surface area (Å²) in [5, 5.41) is 0. The first-order valence-electron chi connectivity index (χ1n) is 18.5. The number of aryl methyl sites for hydroxylation is 1. The van der Waals surface area contributed by atoms with Crippen molar-refractivity contribution in [3.63, 3.8) is 0 Å². The third kappa shape index (κ3) is 23.1. The maximum atomic E-state index is 2.30. The van der Waals surface area contributed by atoms with E-state index in [4.69, 9.17) is 0 Å². The molecule has 0 unspecified atom stereocenters. The van der Waals surface area contributed by atoms with Gasteiger partial charge in [-0.2, -0.15) is 0 Å². The predicted molar refractivity (Wildman–Crippen MR) is 199 cm³/mol. The Morgan fingerprint density at radius 2 is 0.750 bits per heavy atom. The van der Waals surface area contributed by atoms with Gasteiger partial charge in [0.15, 0.2) is 0 Å². The van der Waals surface area contributed by atoms with Crippen molar-refractivity contribution in [2.45, 2.75) is 135 Å². The molecule has 0 aliphatic carbocycles. The zero-order valence-corrected chi connectivity index (χ0v) is 29.2. The molecule has 0 fully saturated rings. The molecule has 2 rings (SSSR count). The fraction of sp³-hybridized carbons (Fsp3) is 0.581. The van der Waals surface area contributed by atoms with Gasteiger partial charge >= 0.3 is 0 Å². The first kappa shape index (κ1) is 37.8. The van der Waals surface area contributed by atoms with Crippen LogP contribution in [0.4, 0.5) is 0 Å². The lowest BCUT2D eigenvalue weighted by Crippen LogP contribution is -2.35. The van der Waals surface area contributed by atoms with Crippen LogP contribution in [-0.2, 0) is 6.42 Å². The highest BCUT2D eigenvalue weighted by atomic mass is 15.3. The van der Waals surface area contributed by atoms with Crippen molar-refractivity contribution in [1.82, 2.24) is 0 Å². The Morgan fingerprint density at radius 3 is 1.16 bits per heavy atom. The van der Waals surface area contributed by atoms with Gasteiger partial charge in [-0.05, 0) is 42.4 Å². The molecule has 1 heteroatoms. The van der Waals surface area contributed by atoms with Gasteiger partial charge in [-0.25, -0.2) is 0 Å². The van der Waals surface area contributed by atoms with Gasteiger partial charge in [0.2, 0.25) is 0 Å². The molecule has 0 saturated carbocycles. The van der Waals surface area contributed by atoms with Crippen molar-refractivity contribution in [3.05, 3.63) is 95.6 Å². The van der Waals surface area contributed by atoms with Crippen LogP contribution in [0.15, 0.2) is 78.9 Å². The number of hydrogen-bond donors (Lipinski definition) is 0. The smallest absolute Gasteiger partial charge is 0.0780 e. The topological polar surface area (TPSA) is 0 Å². The average Bonchev–Trinajstić information content (AvgIpc) is 3.02. The lowest BCUT2D eigenvalue weighted by atomic mass is 10.0. The molecule has 244 valence electrons. The number of allylic oxidation sites excluding steroid dienone is 4. The first-order chi connectivity index (χ1) is 21.5. The fourth-order valence-corrected chi connectivity index (χ4v) is 5.92. The van der Waals surface area contributed by atoms with Crippen LogP contribution in [0.1, 0.15) is 145 Å². The van der Waals surface area contributed by atoms with Crippen LogP contribution in [0.2, 0.25) is 0 Å². The van der Waals surface area contributed by atoms with Gasteiger partial charge in [0.05, 0.1) is 27.7 Å². The Labute approximate surface area is 274 Å². The van der Waals surface area contributed by atoms with Gasteiger partial charge in [0.25, 0.3) is 0 Å². The Morgan fingerprint density at radius 1 is 0.386 bits per heavy atom. The van der Waals surface area contributed by atoms with E-state index in [-0.39, 0.29) is 0 Å². The van der Waals surface area contributed by atoms with E-state index in [9.17, 15) is 0 Å². The summed E-state index contributed by atoms with van der Waals surface area (Å²) in [4.78, 5) is 0. The largest absolute Gasteiger partial charge is 0.331 e. The van der Waals surface area contributed by atoms with E-state index in [0.717, 1.165) is 4.48 Å².